The smallest absolute Gasteiger partial charge is 0.137 e. The van der Waals surface area contributed by atoms with Crippen LogP contribution in [0.3, 0.4) is 0 Å². The second kappa shape index (κ2) is 5.55. The van der Waals surface area contributed by atoms with Gasteiger partial charge >= 0.3 is 0 Å². The summed E-state index contributed by atoms with van der Waals surface area (Å²) in [5.41, 5.74) is 3.62. The minimum absolute atomic E-state index is 0.0259. The Bertz CT molecular complexity index is 659. The van der Waals surface area contributed by atoms with Crippen molar-refractivity contribution in [3.8, 4) is 0 Å². The summed E-state index contributed by atoms with van der Waals surface area (Å²) in [6.07, 6.45) is 14.9. The van der Waals surface area contributed by atoms with Gasteiger partial charge in [0.2, 0.25) is 0 Å². The van der Waals surface area contributed by atoms with Crippen molar-refractivity contribution in [3.05, 3.63) is 23.3 Å². The normalized spacial score (nSPS) is 48.6. The lowest BCUT2D eigenvalue weighted by Gasteiger charge is -2.56. The van der Waals surface area contributed by atoms with Crippen molar-refractivity contribution in [1.29, 1.82) is 0 Å². The Kier molecular flexibility index (Phi) is 3.62. The molecule has 25 heavy (non-hydrogen) atoms. The number of ketones is 1. The van der Waals surface area contributed by atoms with Crippen molar-refractivity contribution in [2.24, 2.45) is 29.1 Å². The fourth-order valence-corrected chi connectivity index (χ4v) is 7.70. The first-order chi connectivity index (χ1) is 12.1. The quantitative estimate of drug-likeness (QED) is 0.611. The average Bonchev–Trinajstić information content (AvgIpc) is 3.20. The van der Waals surface area contributed by atoms with Crippen LogP contribution in [-0.4, -0.2) is 18.0 Å². The molecule has 4 aliphatic carbocycles. The standard InChI is InChI=1S/C23H32O2/c1-3-15-13-16-14-17(24)5-6-18(16)19-7-10-22(2)20(21(15)19)8-11-23(22)9-4-12-25-23/h4,9,15,19-21H,3,5-8,10-14H2,1-2H3/t15?,19?,20?,21?,22-,23-/m0/s1. The lowest BCUT2D eigenvalue weighted by Crippen LogP contribution is -2.52. The molecule has 2 nitrogen and oxygen atoms in total. The van der Waals surface area contributed by atoms with Crippen molar-refractivity contribution in [2.45, 2.75) is 77.2 Å². The Hall–Kier alpha value is -0.890. The van der Waals surface area contributed by atoms with Crippen LogP contribution >= 0.6 is 0 Å². The molecule has 0 radical (unpaired) electrons. The van der Waals surface area contributed by atoms with Crippen LogP contribution in [0.25, 0.3) is 0 Å². The molecule has 2 heteroatoms. The number of carbonyl (C=O) groups is 1. The molecule has 0 N–H and O–H groups in total. The lowest BCUT2D eigenvalue weighted by atomic mass is 9.49. The van der Waals surface area contributed by atoms with E-state index in [1.807, 2.05) is 0 Å². The van der Waals surface area contributed by atoms with Gasteiger partial charge in [-0.05, 0) is 62.2 Å². The molecule has 0 bridgehead atoms. The molecule has 136 valence electrons. The Morgan fingerprint density at radius 3 is 2.88 bits per heavy atom. The van der Waals surface area contributed by atoms with E-state index in [-0.39, 0.29) is 5.60 Å². The van der Waals surface area contributed by atoms with Crippen LogP contribution in [0.2, 0.25) is 0 Å². The minimum Gasteiger partial charge on any atom is -0.366 e. The second-order valence-corrected chi connectivity index (χ2v) is 9.60. The predicted molar refractivity (Wildman–Crippen MR) is 99.2 cm³/mol. The molecule has 5 rings (SSSR count). The van der Waals surface area contributed by atoms with Crippen LogP contribution in [0.1, 0.15) is 71.6 Å². The fourth-order valence-electron chi connectivity index (χ4n) is 7.70. The summed E-state index contributed by atoms with van der Waals surface area (Å²) in [7, 11) is 0. The largest absolute Gasteiger partial charge is 0.366 e. The zero-order valence-electron chi connectivity index (χ0n) is 15.9. The molecule has 1 aliphatic heterocycles. The van der Waals surface area contributed by atoms with Gasteiger partial charge in [-0.3, -0.25) is 4.79 Å². The Morgan fingerprint density at radius 2 is 2.12 bits per heavy atom. The molecular weight excluding hydrogens is 308 g/mol. The molecule has 0 aromatic heterocycles. The Balaban J connectivity index is 1.54. The van der Waals surface area contributed by atoms with Crippen molar-refractivity contribution in [1.82, 2.24) is 0 Å². The molecule has 0 aromatic rings. The molecule has 0 saturated heterocycles. The molecule has 4 unspecified atom stereocenters. The number of hydrogen-bond acceptors (Lipinski definition) is 2. The van der Waals surface area contributed by atoms with E-state index >= 15 is 0 Å². The molecule has 1 heterocycles. The highest BCUT2D eigenvalue weighted by molar-refractivity contribution is 5.82. The number of Topliss-reactive ketones (excluding diaryl/α,β-unsaturated/α-hetero) is 1. The monoisotopic (exact) mass is 340 g/mol. The minimum atomic E-state index is 0.0259. The highest BCUT2D eigenvalue weighted by Crippen LogP contribution is 2.67. The molecule has 0 aromatic carbocycles. The lowest BCUT2D eigenvalue weighted by molar-refractivity contribution is -0.120. The van der Waals surface area contributed by atoms with Gasteiger partial charge in [0.15, 0.2) is 0 Å². The summed E-state index contributed by atoms with van der Waals surface area (Å²) < 4.78 is 6.38. The third-order valence-corrected chi connectivity index (χ3v) is 8.90. The molecular formula is C23H32O2. The van der Waals surface area contributed by atoms with Gasteiger partial charge in [-0.1, -0.05) is 43.6 Å². The van der Waals surface area contributed by atoms with E-state index < -0.39 is 0 Å². The highest BCUT2D eigenvalue weighted by Gasteiger charge is 2.63. The molecule has 2 fully saturated rings. The Labute approximate surface area is 152 Å². The zero-order valence-corrected chi connectivity index (χ0v) is 15.9. The van der Waals surface area contributed by atoms with Gasteiger partial charge in [-0.15, -0.1) is 0 Å². The molecule has 5 aliphatic rings. The first-order valence-corrected chi connectivity index (χ1v) is 10.6. The summed E-state index contributed by atoms with van der Waals surface area (Å²) in [6, 6.07) is 0. The van der Waals surface area contributed by atoms with E-state index in [2.05, 4.69) is 26.0 Å². The van der Waals surface area contributed by atoms with Crippen LogP contribution in [0.15, 0.2) is 23.3 Å². The number of fused-ring (bicyclic) bond motifs is 5. The van der Waals surface area contributed by atoms with E-state index in [0.29, 0.717) is 11.2 Å². The maximum absolute atomic E-state index is 12.0. The van der Waals surface area contributed by atoms with E-state index in [4.69, 9.17) is 4.74 Å². The third kappa shape index (κ3) is 2.10. The number of ether oxygens (including phenoxy) is 1. The highest BCUT2D eigenvalue weighted by atomic mass is 16.5. The van der Waals surface area contributed by atoms with Gasteiger partial charge in [0.25, 0.3) is 0 Å². The fraction of sp³-hybridized carbons (Fsp3) is 0.783. The zero-order chi connectivity index (χ0) is 17.2. The SMILES string of the molecule is CCC1CC2=C(CCC(=O)C2)C2CC[C@@]3(C)C(CC[C@@]34C=CCO4)C12. The maximum atomic E-state index is 12.0. The van der Waals surface area contributed by atoms with Crippen molar-refractivity contribution < 1.29 is 9.53 Å². The summed E-state index contributed by atoms with van der Waals surface area (Å²) in [5.74, 6) is 3.65. The van der Waals surface area contributed by atoms with Crippen LogP contribution in [0.4, 0.5) is 0 Å². The second-order valence-electron chi connectivity index (χ2n) is 9.60. The van der Waals surface area contributed by atoms with Gasteiger partial charge in [-0.2, -0.15) is 0 Å². The molecule has 2 saturated carbocycles. The maximum Gasteiger partial charge on any atom is 0.137 e. The van der Waals surface area contributed by atoms with Crippen molar-refractivity contribution in [2.75, 3.05) is 6.61 Å². The van der Waals surface area contributed by atoms with E-state index in [0.717, 1.165) is 49.5 Å². The van der Waals surface area contributed by atoms with Crippen molar-refractivity contribution in [3.63, 3.8) is 0 Å². The summed E-state index contributed by atoms with van der Waals surface area (Å²) in [4.78, 5) is 12.0. The Morgan fingerprint density at radius 1 is 1.24 bits per heavy atom. The van der Waals surface area contributed by atoms with Crippen LogP contribution in [0.5, 0.6) is 0 Å². The summed E-state index contributed by atoms with van der Waals surface area (Å²) in [6.45, 7) is 5.73. The molecule has 1 spiro atoms. The topological polar surface area (TPSA) is 26.3 Å². The first kappa shape index (κ1) is 16.3. The van der Waals surface area contributed by atoms with Crippen LogP contribution in [0, 0.1) is 29.1 Å². The molecule has 0 amide bonds. The van der Waals surface area contributed by atoms with Gasteiger partial charge in [0.1, 0.15) is 5.78 Å². The van der Waals surface area contributed by atoms with E-state index in [1.165, 1.54) is 38.5 Å². The van der Waals surface area contributed by atoms with Gasteiger partial charge in [-0.25, -0.2) is 0 Å². The van der Waals surface area contributed by atoms with Gasteiger partial charge < -0.3 is 4.74 Å². The average molecular weight is 341 g/mol. The van der Waals surface area contributed by atoms with Crippen LogP contribution in [-0.2, 0) is 9.53 Å². The van der Waals surface area contributed by atoms with Gasteiger partial charge in [0.05, 0.1) is 12.2 Å². The molecule has 6 atom stereocenters. The predicted octanol–water partition coefficient (Wildman–Crippen LogP) is 5.23. The number of carbonyl (C=O) groups excluding carboxylic acids is 1. The first-order valence-electron chi connectivity index (χ1n) is 10.6. The number of hydrogen-bond donors (Lipinski definition) is 0. The summed E-state index contributed by atoms with van der Waals surface area (Å²) in [5, 5.41) is 0. The van der Waals surface area contributed by atoms with E-state index in [9.17, 15) is 4.79 Å². The third-order valence-electron chi connectivity index (χ3n) is 8.90. The van der Waals surface area contributed by atoms with Crippen molar-refractivity contribution >= 4 is 5.78 Å². The number of allylic oxidation sites excluding steroid dienone is 2. The van der Waals surface area contributed by atoms with Gasteiger partial charge in [0, 0.05) is 18.3 Å². The summed E-state index contributed by atoms with van der Waals surface area (Å²) >= 11 is 0. The number of rotatable bonds is 1. The van der Waals surface area contributed by atoms with E-state index in [1.54, 1.807) is 11.1 Å². The van der Waals surface area contributed by atoms with Crippen LogP contribution < -0.4 is 0 Å².